The van der Waals surface area contributed by atoms with Crippen LogP contribution in [0.1, 0.15) is 28.9 Å². The molecule has 1 aromatic heterocycles. The maximum absolute atomic E-state index is 13.0. The third kappa shape index (κ3) is 4.14. The van der Waals surface area contributed by atoms with Gasteiger partial charge in [-0.2, -0.15) is 5.10 Å². The number of ether oxygens (including phenoxy) is 1. The Morgan fingerprint density at radius 3 is 2.52 bits per heavy atom. The van der Waals surface area contributed by atoms with Crippen molar-refractivity contribution in [1.82, 2.24) is 9.78 Å². The number of anilines is 2. The molecule has 0 unspecified atom stereocenters. The number of aromatic nitrogens is 2. The van der Waals surface area contributed by atoms with Crippen molar-refractivity contribution in [3.05, 3.63) is 64.1 Å². The zero-order valence-electron chi connectivity index (χ0n) is 17.6. The van der Waals surface area contributed by atoms with Gasteiger partial charge in [-0.05, 0) is 37.1 Å². The van der Waals surface area contributed by atoms with E-state index in [2.05, 4.69) is 15.3 Å². The van der Waals surface area contributed by atoms with Gasteiger partial charge in [0.2, 0.25) is 5.91 Å². The van der Waals surface area contributed by atoms with Crippen LogP contribution in [0.2, 0.25) is 0 Å². The fourth-order valence-corrected chi connectivity index (χ4v) is 3.97. The van der Waals surface area contributed by atoms with Crippen molar-refractivity contribution in [3.63, 3.8) is 0 Å². The zero-order chi connectivity index (χ0) is 22.0. The standard InChI is InChI=1S/C23H24N4O4/c1-26-22(29)17-8-4-3-7-16(17)18(25-26)14-21(28)24-19-13-15(23(30)31-2)9-10-20(19)27-11-5-6-12-27/h3-4,7-10,13H,5-6,11-12,14H2,1-2H3,(H,24,28). The molecule has 0 bridgehead atoms. The van der Waals surface area contributed by atoms with Gasteiger partial charge >= 0.3 is 5.97 Å². The molecule has 0 saturated carbocycles. The first-order valence-electron chi connectivity index (χ1n) is 10.2. The van der Waals surface area contributed by atoms with Crippen molar-refractivity contribution in [1.29, 1.82) is 0 Å². The van der Waals surface area contributed by atoms with Crippen molar-refractivity contribution in [2.75, 3.05) is 30.4 Å². The topological polar surface area (TPSA) is 93.5 Å². The van der Waals surface area contributed by atoms with E-state index >= 15 is 0 Å². The number of hydrogen-bond donors (Lipinski definition) is 1. The molecule has 1 aliphatic rings. The van der Waals surface area contributed by atoms with Crippen LogP contribution in [0.15, 0.2) is 47.3 Å². The van der Waals surface area contributed by atoms with E-state index in [-0.39, 0.29) is 17.9 Å². The smallest absolute Gasteiger partial charge is 0.337 e. The van der Waals surface area contributed by atoms with Crippen molar-refractivity contribution in [2.24, 2.45) is 7.05 Å². The van der Waals surface area contributed by atoms with Gasteiger partial charge in [-0.3, -0.25) is 9.59 Å². The summed E-state index contributed by atoms with van der Waals surface area (Å²) < 4.78 is 6.07. The van der Waals surface area contributed by atoms with Gasteiger partial charge in [-0.15, -0.1) is 0 Å². The van der Waals surface area contributed by atoms with Gasteiger partial charge in [0.1, 0.15) is 0 Å². The number of benzene rings is 2. The van der Waals surface area contributed by atoms with Gasteiger partial charge < -0.3 is 15.0 Å². The monoisotopic (exact) mass is 420 g/mol. The van der Waals surface area contributed by atoms with Crippen LogP contribution in [0.4, 0.5) is 11.4 Å². The number of aryl methyl sites for hydroxylation is 1. The summed E-state index contributed by atoms with van der Waals surface area (Å²) in [5, 5.41) is 8.42. The van der Waals surface area contributed by atoms with Crippen LogP contribution >= 0.6 is 0 Å². The molecule has 0 aliphatic carbocycles. The molecule has 2 aromatic carbocycles. The van der Waals surface area contributed by atoms with Crippen molar-refractivity contribution >= 4 is 34.0 Å². The van der Waals surface area contributed by atoms with Gasteiger partial charge in [-0.25, -0.2) is 9.48 Å². The van der Waals surface area contributed by atoms with Crippen LogP contribution in [0.3, 0.4) is 0 Å². The molecule has 0 atom stereocenters. The Balaban J connectivity index is 1.65. The maximum atomic E-state index is 13.0. The second-order valence-corrected chi connectivity index (χ2v) is 7.56. The minimum Gasteiger partial charge on any atom is -0.465 e. The fraction of sp³-hybridized carbons (Fsp3) is 0.304. The highest BCUT2D eigenvalue weighted by Crippen LogP contribution is 2.30. The van der Waals surface area contributed by atoms with E-state index in [1.807, 2.05) is 12.1 Å². The first kappa shape index (κ1) is 20.6. The van der Waals surface area contributed by atoms with Crippen LogP contribution < -0.4 is 15.8 Å². The summed E-state index contributed by atoms with van der Waals surface area (Å²) in [6.07, 6.45) is 2.16. The Hall–Kier alpha value is -3.68. The quantitative estimate of drug-likeness (QED) is 0.638. The predicted octanol–water partition coefficient (Wildman–Crippen LogP) is 2.50. The summed E-state index contributed by atoms with van der Waals surface area (Å²) in [4.78, 5) is 39.5. The molecule has 0 radical (unpaired) electrons. The summed E-state index contributed by atoms with van der Waals surface area (Å²) in [5.41, 5.74) is 2.11. The molecular weight excluding hydrogens is 396 g/mol. The normalized spacial score (nSPS) is 13.4. The predicted molar refractivity (Wildman–Crippen MR) is 119 cm³/mol. The van der Waals surface area contributed by atoms with Crippen LogP contribution in [0, 0.1) is 0 Å². The molecule has 8 heteroatoms. The Morgan fingerprint density at radius 2 is 1.81 bits per heavy atom. The van der Waals surface area contributed by atoms with E-state index < -0.39 is 5.97 Å². The zero-order valence-corrected chi connectivity index (χ0v) is 17.6. The molecule has 160 valence electrons. The number of nitrogens with zero attached hydrogens (tertiary/aromatic N) is 3. The number of amides is 1. The lowest BCUT2D eigenvalue weighted by molar-refractivity contribution is -0.115. The van der Waals surface area contributed by atoms with Gasteiger partial charge in [-0.1, -0.05) is 18.2 Å². The molecule has 1 aliphatic heterocycles. The molecule has 1 saturated heterocycles. The average Bonchev–Trinajstić information content (AvgIpc) is 3.31. The van der Waals surface area contributed by atoms with Crippen LogP contribution in [-0.2, 0) is 23.0 Å². The largest absolute Gasteiger partial charge is 0.465 e. The van der Waals surface area contributed by atoms with Gasteiger partial charge in [0.25, 0.3) is 5.56 Å². The van der Waals surface area contributed by atoms with E-state index in [0.717, 1.165) is 31.6 Å². The van der Waals surface area contributed by atoms with E-state index in [0.29, 0.717) is 27.7 Å². The molecule has 1 fully saturated rings. The Kier molecular flexibility index (Phi) is 5.70. The number of nitrogens with one attached hydrogen (secondary N) is 1. The molecule has 2 heterocycles. The Bertz CT molecular complexity index is 1210. The molecule has 4 rings (SSSR count). The van der Waals surface area contributed by atoms with Crippen molar-refractivity contribution in [2.45, 2.75) is 19.3 Å². The highest BCUT2D eigenvalue weighted by atomic mass is 16.5. The summed E-state index contributed by atoms with van der Waals surface area (Å²) >= 11 is 0. The van der Waals surface area contributed by atoms with E-state index in [1.165, 1.54) is 11.8 Å². The number of rotatable bonds is 5. The van der Waals surface area contributed by atoms with Crippen LogP contribution in [-0.4, -0.2) is 41.9 Å². The number of esters is 1. The lowest BCUT2D eigenvalue weighted by Gasteiger charge is -2.22. The summed E-state index contributed by atoms with van der Waals surface area (Å²) in [5.74, 6) is -0.743. The van der Waals surface area contributed by atoms with Gasteiger partial charge in [0, 0.05) is 25.5 Å². The van der Waals surface area contributed by atoms with Crippen molar-refractivity contribution < 1.29 is 14.3 Å². The lowest BCUT2D eigenvalue weighted by atomic mass is 10.1. The molecule has 8 nitrogen and oxygen atoms in total. The SMILES string of the molecule is COC(=O)c1ccc(N2CCCC2)c(NC(=O)Cc2nn(C)c(=O)c3ccccc23)c1. The van der Waals surface area contributed by atoms with E-state index in [1.54, 1.807) is 37.4 Å². The first-order valence-corrected chi connectivity index (χ1v) is 10.2. The highest BCUT2D eigenvalue weighted by Gasteiger charge is 2.20. The van der Waals surface area contributed by atoms with E-state index in [9.17, 15) is 14.4 Å². The average molecular weight is 420 g/mol. The number of methoxy groups -OCH3 is 1. The van der Waals surface area contributed by atoms with Gasteiger partial charge in [0.05, 0.1) is 41.5 Å². The van der Waals surface area contributed by atoms with Crippen LogP contribution in [0.5, 0.6) is 0 Å². The second-order valence-electron chi connectivity index (χ2n) is 7.56. The number of carbonyl (C=O) groups is 2. The second kappa shape index (κ2) is 8.59. The summed E-state index contributed by atoms with van der Waals surface area (Å²) in [7, 11) is 2.90. The third-order valence-electron chi connectivity index (χ3n) is 5.50. The number of fused-ring (bicyclic) bond motifs is 1. The highest BCUT2D eigenvalue weighted by molar-refractivity contribution is 6.00. The molecule has 1 amide bonds. The molecule has 0 spiro atoms. The number of carbonyl (C=O) groups excluding carboxylic acids is 2. The lowest BCUT2D eigenvalue weighted by Crippen LogP contribution is -2.25. The van der Waals surface area contributed by atoms with Crippen molar-refractivity contribution in [3.8, 4) is 0 Å². The van der Waals surface area contributed by atoms with E-state index in [4.69, 9.17) is 4.74 Å². The number of hydrogen-bond acceptors (Lipinski definition) is 6. The van der Waals surface area contributed by atoms with Gasteiger partial charge in [0.15, 0.2) is 0 Å². The molecule has 1 N–H and O–H groups in total. The molecular formula is C23H24N4O4. The summed E-state index contributed by atoms with van der Waals surface area (Å²) in [6, 6.07) is 12.3. The minimum absolute atomic E-state index is 0.00345. The Morgan fingerprint density at radius 1 is 1.10 bits per heavy atom. The fourth-order valence-electron chi connectivity index (χ4n) is 3.97. The maximum Gasteiger partial charge on any atom is 0.337 e. The molecule has 31 heavy (non-hydrogen) atoms. The summed E-state index contributed by atoms with van der Waals surface area (Å²) in [6.45, 7) is 1.79. The first-order chi connectivity index (χ1) is 15.0. The minimum atomic E-state index is -0.464. The van der Waals surface area contributed by atoms with Crippen LogP contribution in [0.25, 0.3) is 10.8 Å². The Labute approximate surface area is 179 Å². The third-order valence-corrected chi connectivity index (χ3v) is 5.50. The molecule has 3 aromatic rings.